The fourth-order valence-corrected chi connectivity index (χ4v) is 2.89. The number of hydrogen-bond acceptors (Lipinski definition) is 2. The van der Waals surface area contributed by atoms with Crippen molar-refractivity contribution in [1.29, 1.82) is 0 Å². The Kier molecular flexibility index (Phi) is 5.05. The predicted molar refractivity (Wildman–Crippen MR) is 84.0 cm³/mol. The SMILES string of the molecule is Cc1ccc(C)c(NCC(=O)N[C@@H]2CCCC[C@H]2C)c1. The van der Waals surface area contributed by atoms with E-state index < -0.39 is 0 Å². The van der Waals surface area contributed by atoms with Crippen LogP contribution in [-0.4, -0.2) is 18.5 Å². The van der Waals surface area contributed by atoms with E-state index in [0.29, 0.717) is 18.5 Å². The molecule has 0 radical (unpaired) electrons. The summed E-state index contributed by atoms with van der Waals surface area (Å²) in [6, 6.07) is 6.62. The van der Waals surface area contributed by atoms with Crippen LogP contribution in [0.25, 0.3) is 0 Å². The summed E-state index contributed by atoms with van der Waals surface area (Å²) in [4.78, 5) is 12.1. The topological polar surface area (TPSA) is 41.1 Å². The Balaban J connectivity index is 1.84. The molecule has 0 spiro atoms. The summed E-state index contributed by atoms with van der Waals surface area (Å²) >= 11 is 0. The highest BCUT2D eigenvalue weighted by Gasteiger charge is 2.22. The third kappa shape index (κ3) is 3.99. The lowest BCUT2D eigenvalue weighted by molar-refractivity contribution is -0.120. The molecule has 110 valence electrons. The van der Waals surface area contributed by atoms with Crippen LogP contribution in [0.2, 0.25) is 0 Å². The summed E-state index contributed by atoms with van der Waals surface area (Å²) in [7, 11) is 0. The van der Waals surface area contributed by atoms with Gasteiger partial charge in [0.25, 0.3) is 0 Å². The number of rotatable bonds is 4. The second-order valence-electron chi connectivity index (χ2n) is 6.11. The number of carbonyl (C=O) groups excluding carboxylic acids is 1. The highest BCUT2D eigenvalue weighted by atomic mass is 16.1. The average Bonchev–Trinajstić information content (AvgIpc) is 2.42. The van der Waals surface area contributed by atoms with Crippen molar-refractivity contribution < 1.29 is 4.79 Å². The molecule has 1 aliphatic rings. The first kappa shape index (κ1) is 14.9. The normalized spacial score (nSPS) is 22.4. The Morgan fingerprint density at radius 3 is 2.75 bits per heavy atom. The smallest absolute Gasteiger partial charge is 0.239 e. The molecule has 2 atom stereocenters. The molecule has 1 aliphatic carbocycles. The van der Waals surface area contributed by atoms with Gasteiger partial charge in [0, 0.05) is 11.7 Å². The van der Waals surface area contributed by atoms with Gasteiger partial charge in [0.2, 0.25) is 5.91 Å². The molecular formula is C17H26N2O. The van der Waals surface area contributed by atoms with Crippen LogP contribution in [-0.2, 0) is 4.79 Å². The Hall–Kier alpha value is -1.51. The second-order valence-corrected chi connectivity index (χ2v) is 6.11. The van der Waals surface area contributed by atoms with Crippen molar-refractivity contribution in [3.63, 3.8) is 0 Å². The maximum Gasteiger partial charge on any atom is 0.239 e. The molecule has 1 aromatic rings. The van der Waals surface area contributed by atoms with E-state index in [1.54, 1.807) is 0 Å². The van der Waals surface area contributed by atoms with Crippen LogP contribution in [0.1, 0.15) is 43.7 Å². The van der Waals surface area contributed by atoms with Crippen LogP contribution in [0.15, 0.2) is 18.2 Å². The molecule has 2 rings (SSSR count). The number of nitrogens with one attached hydrogen (secondary N) is 2. The summed E-state index contributed by atoms with van der Waals surface area (Å²) in [5, 5.41) is 6.42. The molecule has 1 aromatic carbocycles. The zero-order chi connectivity index (χ0) is 14.5. The Morgan fingerprint density at radius 2 is 2.00 bits per heavy atom. The molecule has 1 saturated carbocycles. The van der Waals surface area contributed by atoms with Gasteiger partial charge in [-0.1, -0.05) is 31.9 Å². The van der Waals surface area contributed by atoms with Gasteiger partial charge in [-0.2, -0.15) is 0 Å². The standard InChI is InChI=1S/C17H26N2O/c1-12-8-9-14(3)16(10-12)18-11-17(20)19-15-7-5-4-6-13(15)2/h8-10,13,15,18H,4-7,11H2,1-3H3,(H,19,20)/t13-,15-/m1/s1. The van der Waals surface area contributed by atoms with E-state index in [1.807, 2.05) is 0 Å². The molecule has 0 bridgehead atoms. The Bertz CT molecular complexity index is 470. The van der Waals surface area contributed by atoms with Gasteiger partial charge in [0.05, 0.1) is 6.54 Å². The number of amides is 1. The van der Waals surface area contributed by atoms with Gasteiger partial charge < -0.3 is 10.6 Å². The highest BCUT2D eigenvalue weighted by molar-refractivity contribution is 5.81. The van der Waals surface area contributed by atoms with Crippen LogP contribution in [0.3, 0.4) is 0 Å². The number of carbonyl (C=O) groups is 1. The molecule has 0 aromatic heterocycles. The highest BCUT2D eigenvalue weighted by Crippen LogP contribution is 2.23. The molecule has 2 N–H and O–H groups in total. The van der Waals surface area contributed by atoms with Gasteiger partial charge in [-0.25, -0.2) is 0 Å². The predicted octanol–water partition coefficient (Wildman–Crippen LogP) is 3.41. The molecule has 3 nitrogen and oxygen atoms in total. The fraction of sp³-hybridized carbons (Fsp3) is 0.588. The van der Waals surface area contributed by atoms with E-state index in [1.165, 1.54) is 30.4 Å². The van der Waals surface area contributed by atoms with E-state index in [4.69, 9.17) is 0 Å². The summed E-state index contributed by atoms with van der Waals surface area (Å²) < 4.78 is 0. The number of aryl methyl sites for hydroxylation is 2. The van der Waals surface area contributed by atoms with E-state index in [-0.39, 0.29) is 5.91 Å². The zero-order valence-electron chi connectivity index (χ0n) is 12.8. The van der Waals surface area contributed by atoms with Crippen LogP contribution in [0.4, 0.5) is 5.69 Å². The van der Waals surface area contributed by atoms with Gasteiger partial charge in [-0.05, 0) is 49.8 Å². The molecule has 0 unspecified atom stereocenters. The van der Waals surface area contributed by atoms with E-state index in [2.05, 4.69) is 49.6 Å². The Labute approximate surface area is 122 Å². The van der Waals surface area contributed by atoms with Crippen LogP contribution < -0.4 is 10.6 Å². The van der Waals surface area contributed by atoms with Crippen molar-refractivity contribution in [2.45, 2.75) is 52.5 Å². The number of benzene rings is 1. The van der Waals surface area contributed by atoms with Crippen molar-refractivity contribution in [2.24, 2.45) is 5.92 Å². The van der Waals surface area contributed by atoms with E-state index in [0.717, 1.165) is 12.1 Å². The average molecular weight is 274 g/mol. The molecule has 1 amide bonds. The fourth-order valence-electron chi connectivity index (χ4n) is 2.89. The molecule has 1 fully saturated rings. The minimum absolute atomic E-state index is 0.102. The van der Waals surface area contributed by atoms with Crippen molar-refractivity contribution in [1.82, 2.24) is 5.32 Å². The Morgan fingerprint density at radius 1 is 1.25 bits per heavy atom. The van der Waals surface area contributed by atoms with E-state index >= 15 is 0 Å². The lowest BCUT2D eigenvalue weighted by Gasteiger charge is -2.29. The molecular weight excluding hydrogens is 248 g/mol. The lowest BCUT2D eigenvalue weighted by Crippen LogP contribution is -2.43. The third-order valence-electron chi connectivity index (χ3n) is 4.29. The zero-order valence-corrected chi connectivity index (χ0v) is 12.8. The van der Waals surface area contributed by atoms with Crippen molar-refractivity contribution in [3.8, 4) is 0 Å². The van der Waals surface area contributed by atoms with Crippen molar-refractivity contribution in [2.75, 3.05) is 11.9 Å². The second kappa shape index (κ2) is 6.78. The quantitative estimate of drug-likeness (QED) is 0.883. The molecule has 0 saturated heterocycles. The number of hydrogen-bond donors (Lipinski definition) is 2. The third-order valence-corrected chi connectivity index (χ3v) is 4.29. The van der Waals surface area contributed by atoms with Gasteiger partial charge in [0.1, 0.15) is 0 Å². The molecule has 0 aliphatic heterocycles. The van der Waals surface area contributed by atoms with Crippen LogP contribution in [0, 0.1) is 19.8 Å². The maximum absolute atomic E-state index is 12.1. The minimum Gasteiger partial charge on any atom is -0.376 e. The van der Waals surface area contributed by atoms with E-state index in [9.17, 15) is 4.79 Å². The first-order valence-corrected chi connectivity index (χ1v) is 7.67. The van der Waals surface area contributed by atoms with Gasteiger partial charge in [0.15, 0.2) is 0 Å². The molecule has 0 heterocycles. The van der Waals surface area contributed by atoms with Crippen molar-refractivity contribution >= 4 is 11.6 Å². The lowest BCUT2D eigenvalue weighted by atomic mass is 9.86. The molecule has 20 heavy (non-hydrogen) atoms. The summed E-state index contributed by atoms with van der Waals surface area (Å²) in [5.41, 5.74) is 3.44. The van der Waals surface area contributed by atoms with Crippen LogP contribution in [0.5, 0.6) is 0 Å². The van der Waals surface area contributed by atoms with Gasteiger partial charge in [-0.15, -0.1) is 0 Å². The first-order valence-electron chi connectivity index (χ1n) is 7.67. The van der Waals surface area contributed by atoms with Crippen LogP contribution >= 0.6 is 0 Å². The first-order chi connectivity index (χ1) is 9.56. The van der Waals surface area contributed by atoms with Gasteiger partial charge >= 0.3 is 0 Å². The summed E-state index contributed by atoms with van der Waals surface area (Å²) in [5.74, 6) is 0.707. The minimum atomic E-state index is 0.102. The largest absolute Gasteiger partial charge is 0.376 e. The molecule has 3 heteroatoms. The van der Waals surface area contributed by atoms with Crippen molar-refractivity contribution in [3.05, 3.63) is 29.3 Å². The summed E-state index contributed by atoms with van der Waals surface area (Å²) in [6.45, 7) is 6.72. The monoisotopic (exact) mass is 274 g/mol. The summed E-state index contributed by atoms with van der Waals surface area (Å²) in [6.07, 6.45) is 4.89. The van der Waals surface area contributed by atoms with Gasteiger partial charge in [-0.3, -0.25) is 4.79 Å². The number of anilines is 1. The maximum atomic E-state index is 12.1.